The van der Waals surface area contributed by atoms with E-state index in [1.807, 2.05) is 6.07 Å². The van der Waals surface area contributed by atoms with Gasteiger partial charge in [0.25, 0.3) is 0 Å². The average molecular weight is 250 g/mol. The lowest BCUT2D eigenvalue weighted by Crippen LogP contribution is -2.30. The number of nitrogen functional groups attached to an aromatic ring is 1. The minimum atomic E-state index is -0.515. The Morgan fingerprint density at radius 3 is 2.78 bits per heavy atom. The monoisotopic (exact) mass is 250 g/mol. The molecule has 0 aliphatic heterocycles. The summed E-state index contributed by atoms with van der Waals surface area (Å²) in [5.41, 5.74) is 7.23. The first-order valence-corrected chi connectivity index (χ1v) is 6.55. The molecule has 0 aromatic heterocycles. The highest BCUT2D eigenvalue weighted by molar-refractivity contribution is 5.54. The second-order valence-electron chi connectivity index (χ2n) is 4.91. The van der Waals surface area contributed by atoms with E-state index in [2.05, 4.69) is 5.32 Å². The maximum Gasteiger partial charge on any atom is 0.141 e. The summed E-state index contributed by atoms with van der Waals surface area (Å²) in [6.45, 7) is 0.580. The quantitative estimate of drug-likeness (QED) is 0.698. The van der Waals surface area contributed by atoms with Gasteiger partial charge >= 0.3 is 0 Å². The molecule has 4 nitrogen and oxygen atoms in total. The predicted molar refractivity (Wildman–Crippen MR) is 72.6 cm³/mol. The molecule has 2 rings (SSSR count). The summed E-state index contributed by atoms with van der Waals surface area (Å²) in [6, 6.07) is 6.00. The van der Waals surface area contributed by atoms with Crippen LogP contribution in [0.1, 0.15) is 37.4 Å². The van der Waals surface area contributed by atoms with Gasteiger partial charge in [0.05, 0.1) is 18.9 Å². The second kappa shape index (κ2) is 6.07. The van der Waals surface area contributed by atoms with Crippen LogP contribution in [0.15, 0.2) is 18.2 Å². The summed E-state index contributed by atoms with van der Waals surface area (Å²) in [4.78, 5) is 0. The maximum absolute atomic E-state index is 10.1. The Morgan fingerprint density at radius 2 is 2.17 bits per heavy atom. The average Bonchev–Trinajstić information content (AvgIpc) is 2.89. The molecule has 18 heavy (non-hydrogen) atoms. The van der Waals surface area contributed by atoms with Crippen LogP contribution in [0.5, 0.6) is 5.75 Å². The highest BCUT2D eigenvalue weighted by atomic mass is 16.5. The Balaban J connectivity index is 1.91. The smallest absolute Gasteiger partial charge is 0.141 e. The van der Waals surface area contributed by atoms with Crippen LogP contribution in [0.25, 0.3) is 0 Å². The number of aliphatic hydroxyl groups is 1. The molecule has 4 N–H and O–H groups in total. The summed E-state index contributed by atoms with van der Waals surface area (Å²) >= 11 is 0. The number of anilines is 1. The molecule has 4 heteroatoms. The fourth-order valence-electron chi connectivity index (χ4n) is 2.49. The molecule has 1 aliphatic carbocycles. The van der Waals surface area contributed by atoms with E-state index in [1.165, 1.54) is 25.7 Å². The molecule has 0 spiro atoms. The number of nitrogens with two attached hydrogens (primary N) is 1. The van der Waals surface area contributed by atoms with Crippen molar-refractivity contribution in [2.75, 3.05) is 19.4 Å². The normalized spacial score (nSPS) is 17.9. The van der Waals surface area contributed by atoms with Crippen molar-refractivity contribution in [2.45, 2.75) is 37.8 Å². The fourth-order valence-corrected chi connectivity index (χ4v) is 2.49. The molecule has 0 amide bonds. The van der Waals surface area contributed by atoms with Gasteiger partial charge in [0.1, 0.15) is 5.75 Å². The third-order valence-electron chi connectivity index (χ3n) is 3.59. The Bertz CT molecular complexity index is 389. The lowest BCUT2D eigenvalue weighted by Gasteiger charge is -2.17. The number of benzene rings is 1. The van der Waals surface area contributed by atoms with Crippen LogP contribution >= 0.6 is 0 Å². The third-order valence-corrected chi connectivity index (χ3v) is 3.59. The van der Waals surface area contributed by atoms with Gasteiger partial charge in [0.2, 0.25) is 0 Å². The SMILES string of the molecule is COc1ccc(C(O)CNC2CCCC2)cc1N. The molecule has 1 unspecified atom stereocenters. The van der Waals surface area contributed by atoms with Crippen LogP contribution < -0.4 is 15.8 Å². The molecule has 1 fully saturated rings. The van der Waals surface area contributed by atoms with Crippen molar-refractivity contribution in [2.24, 2.45) is 0 Å². The number of hydrogen-bond donors (Lipinski definition) is 3. The molecule has 1 aromatic rings. The zero-order valence-electron chi connectivity index (χ0n) is 10.9. The molecule has 1 aliphatic rings. The van der Waals surface area contributed by atoms with E-state index in [4.69, 9.17) is 10.5 Å². The van der Waals surface area contributed by atoms with Gasteiger partial charge in [0, 0.05) is 12.6 Å². The molecule has 1 atom stereocenters. The summed E-state index contributed by atoms with van der Waals surface area (Å²) in [6.07, 6.45) is 4.51. The van der Waals surface area contributed by atoms with Crippen molar-refractivity contribution >= 4 is 5.69 Å². The molecular weight excluding hydrogens is 228 g/mol. The van der Waals surface area contributed by atoms with Gasteiger partial charge in [-0.1, -0.05) is 18.9 Å². The van der Waals surface area contributed by atoms with Crippen molar-refractivity contribution in [3.63, 3.8) is 0 Å². The highest BCUT2D eigenvalue weighted by Crippen LogP contribution is 2.25. The Labute approximate surface area is 108 Å². The summed E-state index contributed by atoms with van der Waals surface area (Å²) < 4.78 is 5.10. The van der Waals surface area contributed by atoms with Crippen molar-refractivity contribution < 1.29 is 9.84 Å². The van der Waals surface area contributed by atoms with Gasteiger partial charge in [-0.05, 0) is 30.5 Å². The van der Waals surface area contributed by atoms with E-state index in [0.29, 0.717) is 24.0 Å². The van der Waals surface area contributed by atoms with E-state index in [0.717, 1.165) is 5.56 Å². The van der Waals surface area contributed by atoms with Gasteiger partial charge < -0.3 is 20.9 Å². The first-order chi connectivity index (χ1) is 8.70. The van der Waals surface area contributed by atoms with Crippen molar-refractivity contribution in [1.29, 1.82) is 0 Å². The second-order valence-corrected chi connectivity index (χ2v) is 4.91. The molecule has 0 heterocycles. The highest BCUT2D eigenvalue weighted by Gasteiger charge is 2.16. The molecule has 1 aromatic carbocycles. The minimum Gasteiger partial charge on any atom is -0.495 e. The van der Waals surface area contributed by atoms with Gasteiger partial charge in [-0.3, -0.25) is 0 Å². The van der Waals surface area contributed by atoms with E-state index >= 15 is 0 Å². The Kier molecular flexibility index (Phi) is 4.44. The number of methoxy groups -OCH3 is 1. The number of rotatable bonds is 5. The van der Waals surface area contributed by atoms with Crippen molar-refractivity contribution in [3.05, 3.63) is 23.8 Å². The Hall–Kier alpha value is -1.26. The topological polar surface area (TPSA) is 67.5 Å². The number of aliphatic hydroxyl groups excluding tert-OH is 1. The van der Waals surface area contributed by atoms with Crippen LogP contribution in [0.2, 0.25) is 0 Å². The molecule has 0 bridgehead atoms. The van der Waals surface area contributed by atoms with E-state index in [9.17, 15) is 5.11 Å². The largest absolute Gasteiger partial charge is 0.495 e. The van der Waals surface area contributed by atoms with Crippen LogP contribution in [0.4, 0.5) is 5.69 Å². The van der Waals surface area contributed by atoms with Gasteiger partial charge in [0.15, 0.2) is 0 Å². The number of ether oxygens (including phenoxy) is 1. The van der Waals surface area contributed by atoms with Crippen LogP contribution in [0, 0.1) is 0 Å². The van der Waals surface area contributed by atoms with Crippen LogP contribution in [0.3, 0.4) is 0 Å². The van der Waals surface area contributed by atoms with E-state index in [1.54, 1.807) is 19.2 Å². The summed E-state index contributed by atoms with van der Waals surface area (Å²) in [7, 11) is 1.59. The van der Waals surface area contributed by atoms with Crippen molar-refractivity contribution in [3.8, 4) is 5.75 Å². The van der Waals surface area contributed by atoms with Crippen LogP contribution in [-0.2, 0) is 0 Å². The predicted octanol–water partition coefficient (Wildman–Crippen LogP) is 1.84. The van der Waals surface area contributed by atoms with E-state index in [-0.39, 0.29) is 0 Å². The van der Waals surface area contributed by atoms with E-state index < -0.39 is 6.10 Å². The number of nitrogens with one attached hydrogen (secondary N) is 1. The summed E-state index contributed by atoms with van der Waals surface area (Å²) in [5.74, 6) is 0.648. The van der Waals surface area contributed by atoms with Gasteiger partial charge in [-0.25, -0.2) is 0 Å². The standard InChI is InChI=1S/C14H22N2O2/c1-18-14-7-6-10(8-12(14)15)13(17)9-16-11-4-2-3-5-11/h6-8,11,13,16-17H,2-5,9,15H2,1H3. The van der Waals surface area contributed by atoms with Crippen LogP contribution in [-0.4, -0.2) is 24.8 Å². The molecule has 100 valence electrons. The summed E-state index contributed by atoms with van der Waals surface area (Å²) in [5, 5.41) is 13.5. The minimum absolute atomic E-state index is 0.515. The number of hydrogen-bond acceptors (Lipinski definition) is 4. The first-order valence-electron chi connectivity index (χ1n) is 6.55. The maximum atomic E-state index is 10.1. The van der Waals surface area contributed by atoms with Crippen molar-refractivity contribution in [1.82, 2.24) is 5.32 Å². The molecule has 0 radical (unpaired) electrons. The molecular formula is C14H22N2O2. The first kappa shape index (κ1) is 13.2. The lowest BCUT2D eigenvalue weighted by atomic mass is 10.1. The third kappa shape index (κ3) is 3.15. The van der Waals surface area contributed by atoms with Gasteiger partial charge in [-0.15, -0.1) is 0 Å². The zero-order valence-corrected chi connectivity index (χ0v) is 10.9. The fraction of sp³-hybridized carbons (Fsp3) is 0.571. The van der Waals surface area contributed by atoms with Gasteiger partial charge in [-0.2, -0.15) is 0 Å². The zero-order chi connectivity index (χ0) is 13.0. The Morgan fingerprint density at radius 1 is 1.44 bits per heavy atom. The molecule has 0 saturated heterocycles. The molecule has 1 saturated carbocycles. The lowest BCUT2D eigenvalue weighted by molar-refractivity contribution is 0.170.